The average Bonchev–Trinajstić information content (AvgIpc) is 2.88. The van der Waals surface area contributed by atoms with Crippen molar-refractivity contribution in [2.24, 2.45) is 0 Å². The average molecular weight is 307 g/mol. The number of aromatic nitrogens is 1. The molecule has 0 fully saturated rings. The van der Waals surface area contributed by atoms with Gasteiger partial charge in [-0.25, -0.2) is 0 Å². The number of benzene rings is 1. The Morgan fingerprint density at radius 2 is 2.00 bits per heavy atom. The fourth-order valence-electron chi connectivity index (χ4n) is 2.21. The predicted octanol–water partition coefficient (Wildman–Crippen LogP) is 3.19. The van der Waals surface area contributed by atoms with Crippen LogP contribution in [0.15, 0.2) is 42.6 Å². The van der Waals surface area contributed by atoms with E-state index in [0.29, 0.717) is 10.7 Å². The van der Waals surface area contributed by atoms with Gasteiger partial charge in [0.1, 0.15) is 5.69 Å². The standard InChI is InChI=1S/C16H19ClN2O2/c1-11(2)19-9-13(17)8-15(19)16(21)18-14(10-20)12-6-4-3-5-7-12/h3-9,11,14,20H,10H2,1-2H3,(H,18,21)/t14-/m0/s1. The van der Waals surface area contributed by atoms with E-state index >= 15 is 0 Å². The zero-order chi connectivity index (χ0) is 15.4. The molecule has 0 aliphatic carbocycles. The van der Waals surface area contributed by atoms with E-state index in [-0.39, 0.29) is 18.6 Å². The number of amides is 1. The van der Waals surface area contributed by atoms with Gasteiger partial charge in [-0.2, -0.15) is 0 Å². The molecule has 1 heterocycles. The molecular weight excluding hydrogens is 288 g/mol. The lowest BCUT2D eigenvalue weighted by Gasteiger charge is -2.18. The topological polar surface area (TPSA) is 54.3 Å². The second-order valence-electron chi connectivity index (χ2n) is 5.16. The SMILES string of the molecule is CC(C)n1cc(Cl)cc1C(=O)N[C@@H](CO)c1ccccc1. The van der Waals surface area contributed by atoms with Crippen molar-refractivity contribution in [1.29, 1.82) is 0 Å². The number of carbonyl (C=O) groups is 1. The number of hydrogen-bond acceptors (Lipinski definition) is 2. The molecular formula is C16H19ClN2O2. The van der Waals surface area contributed by atoms with Crippen molar-refractivity contribution in [2.75, 3.05) is 6.61 Å². The minimum Gasteiger partial charge on any atom is -0.394 e. The predicted molar refractivity (Wildman–Crippen MR) is 83.6 cm³/mol. The van der Waals surface area contributed by atoms with Crippen LogP contribution in [0.1, 0.15) is 42.0 Å². The summed E-state index contributed by atoms with van der Waals surface area (Å²) in [5.41, 5.74) is 1.35. The van der Waals surface area contributed by atoms with Gasteiger partial charge >= 0.3 is 0 Å². The largest absolute Gasteiger partial charge is 0.394 e. The van der Waals surface area contributed by atoms with Crippen LogP contribution < -0.4 is 5.32 Å². The Morgan fingerprint density at radius 1 is 1.33 bits per heavy atom. The highest BCUT2D eigenvalue weighted by Crippen LogP contribution is 2.20. The monoisotopic (exact) mass is 306 g/mol. The van der Waals surface area contributed by atoms with Crippen LogP contribution in [0.5, 0.6) is 0 Å². The van der Waals surface area contributed by atoms with Crippen LogP contribution in [-0.2, 0) is 0 Å². The Labute approximate surface area is 129 Å². The summed E-state index contributed by atoms with van der Waals surface area (Å²) < 4.78 is 1.82. The van der Waals surface area contributed by atoms with Gasteiger partial charge in [0.15, 0.2) is 0 Å². The molecule has 21 heavy (non-hydrogen) atoms. The van der Waals surface area contributed by atoms with E-state index < -0.39 is 6.04 Å². The molecule has 1 aromatic heterocycles. The molecule has 5 heteroatoms. The third-order valence-electron chi connectivity index (χ3n) is 3.29. The van der Waals surface area contributed by atoms with Gasteiger partial charge in [0.25, 0.3) is 5.91 Å². The Kier molecular flexibility index (Phi) is 5.04. The Morgan fingerprint density at radius 3 is 2.57 bits per heavy atom. The molecule has 2 N–H and O–H groups in total. The van der Waals surface area contributed by atoms with E-state index in [1.807, 2.05) is 48.7 Å². The first-order valence-corrected chi connectivity index (χ1v) is 7.24. The molecule has 2 aromatic rings. The summed E-state index contributed by atoms with van der Waals surface area (Å²) >= 11 is 5.99. The van der Waals surface area contributed by atoms with E-state index in [2.05, 4.69) is 5.32 Å². The van der Waals surface area contributed by atoms with Crippen LogP contribution in [0, 0.1) is 0 Å². The maximum atomic E-state index is 12.4. The summed E-state index contributed by atoms with van der Waals surface area (Å²) in [6.45, 7) is 3.80. The summed E-state index contributed by atoms with van der Waals surface area (Å²) in [5, 5.41) is 12.9. The number of aliphatic hydroxyl groups excluding tert-OH is 1. The van der Waals surface area contributed by atoms with E-state index in [4.69, 9.17) is 11.6 Å². The highest BCUT2D eigenvalue weighted by atomic mass is 35.5. The van der Waals surface area contributed by atoms with Gasteiger partial charge in [-0.3, -0.25) is 4.79 Å². The fourth-order valence-corrected chi connectivity index (χ4v) is 2.42. The van der Waals surface area contributed by atoms with E-state index in [1.54, 1.807) is 12.3 Å². The van der Waals surface area contributed by atoms with Gasteiger partial charge in [-0.1, -0.05) is 41.9 Å². The van der Waals surface area contributed by atoms with Crippen LogP contribution >= 0.6 is 11.6 Å². The highest BCUT2D eigenvalue weighted by Gasteiger charge is 2.19. The van der Waals surface area contributed by atoms with Crippen molar-refractivity contribution in [3.8, 4) is 0 Å². The first-order valence-electron chi connectivity index (χ1n) is 6.87. The number of nitrogens with one attached hydrogen (secondary N) is 1. The van der Waals surface area contributed by atoms with Gasteiger partial charge in [0, 0.05) is 12.2 Å². The second-order valence-corrected chi connectivity index (χ2v) is 5.60. The number of rotatable bonds is 5. The molecule has 2 rings (SSSR count). The van der Waals surface area contributed by atoms with Crippen molar-refractivity contribution in [1.82, 2.24) is 9.88 Å². The third kappa shape index (κ3) is 3.65. The Hall–Kier alpha value is -1.78. The van der Waals surface area contributed by atoms with Crippen LogP contribution in [-0.4, -0.2) is 22.2 Å². The number of hydrogen-bond donors (Lipinski definition) is 2. The number of aliphatic hydroxyl groups is 1. The number of carbonyl (C=O) groups excluding carboxylic acids is 1. The van der Waals surface area contributed by atoms with Gasteiger partial charge in [-0.15, -0.1) is 0 Å². The molecule has 0 bridgehead atoms. The van der Waals surface area contributed by atoms with Gasteiger partial charge in [0.05, 0.1) is 17.7 Å². The first kappa shape index (κ1) is 15.6. The van der Waals surface area contributed by atoms with Crippen molar-refractivity contribution in [3.05, 3.63) is 58.9 Å². The quantitative estimate of drug-likeness (QED) is 0.891. The summed E-state index contributed by atoms with van der Waals surface area (Å²) in [7, 11) is 0. The van der Waals surface area contributed by atoms with Crippen molar-refractivity contribution in [3.63, 3.8) is 0 Å². The third-order valence-corrected chi connectivity index (χ3v) is 3.50. The highest BCUT2D eigenvalue weighted by molar-refractivity contribution is 6.31. The lowest BCUT2D eigenvalue weighted by molar-refractivity contribution is 0.0905. The molecule has 0 spiro atoms. The molecule has 1 amide bonds. The molecule has 1 aromatic carbocycles. The zero-order valence-corrected chi connectivity index (χ0v) is 12.8. The van der Waals surface area contributed by atoms with Crippen LogP contribution in [0.2, 0.25) is 5.02 Å². The van der Waals surface area contributed by atoms with E-state index in [9.17, 15) is 9.90 Å². The Bertz CT molecular complexity index is 608. The van der Waals surface area contributed by atoms with Crippen LogP contribution in [0.3, 0.4) is 0 Å². The zero-order valence-electron chi connectivity index (χ0n) is 12.1. The van der Waals surface area contributed by atoms with Crippen molar-refractivity contribution in [2.45, 2.75) is 25.9 Å². The summed E-state index contributed by atoms with van der Waals surface area (Å²) in [6, 6.07) is 10.7. The van der Waals surface area contributed by atoms with E-state index in [0.717, 1.165) is 5.56 Å². The maximum absolute atomic E-state index is 12.4. The molecule has 0 aliphatic rings. The minimum absolute atomic E-state index is 0.127. The fraction of sp³-hybridized carbons (Fsp3) is 0.312. The molecule has 0 saturated carbocycles. The van der Waals surface area contributed by atoms with Gasteiger partial charge < -0.3 is 15.0 Å². The Balaban J connectivity index is 2.21. The van der Waals surface area contributed by atoms with Crippen LogP contribution in [0.25, 0.3) is 0 Å². The normalized spacial score (nSPS) is 12.4. The maximum Gasteiger partial charge on any atom is 0.268 e. The lowest BCUT2D eigenvalue weighted by atomic mass is 10.1. The second kappa shape index (κ2) is 6.78. The van der Waals surface area contributed by atoms with Crippen molar-refractivity contribution < 1.29 is 9.90 Å². The van der Waals surface area contributed by atoms with Gasteiger partial charge in [-0.05, 0) is 25.5 Å². The summed E-state index contributed by atoms with van der Waals surface area (Å²) in [6.07, 6.45) is 1.73. The number of halogens is 1. The molecule has 0 radical (unpaired) electrons. The first-order chi connectivity index (χ1) is 10.0. The molecule has 4 nitrogen and oxygen atoms in total. The molecule has 112 valence electrons. The molecule has 0 saturated heterocycles. The molecule has 0 unspecified atom stereocenters. The smallest absolute Gasteiger partial charge is 0.268 e. The summed E-state index contributed by atoms with van der Waals surface area (Å²) in [5.74, 6) is -0.251. The minimum atomic E-state index is -0.437. The molecule has 0 aliphatic heterocycles. The van der Waals surface area contributed by atoms with E-state index in [1.165, 1.54) is 0 Å². The molecule has 1 atom stereocenters. The number of nitrogens with zero attached hydrogens (tertiary/aromatic N) is 1. The van der Waals surface area contributed by atoms with Gasteiger partial charge in [0.2, 0.25) is 0 Å². The lowest BCUT2D eigenvalue weighted by Crippen LogP contribution is -2.32. The van der Waals surface area contributed by atoms with Crippen LogP contribution in [0.4, 0.5) is 0 Å². The summed E-state index contributed by atoms with van der Waals surface area (Å²) in [4.78, 5) is 12.4. The van der Waals surface area contributed by atoms with Crippen molar-refractivity contribution >= 4 is 17.5 Å².